The molecule has 0 saturated heterocycles. The SMILES string of the molecule is CNC(c1ccn(CCC(C)(C)OC)c1)C1CC1. The van der Waals surface area contributed by atoms with E-state index in [2.05, 4.69) is 49.2 Å². The van der Waals surface area contributed by atoms with Crippen molar-refractivity contribution in [3.05, 3.63) is 24.0 Å². The Kier molecular flexibility index (Phi) is 4.13. The molecular formula is C15H26N2O. The first-order valence-electron chi connectivity index (χ1n) is 6.94. The highest BCUT2D eigenvalue weighted by atomic mass is 16.5. The summed E-state index contributed by atoms with van der Waals surface area (Å²) in [5.41, 5.74) is 1.39. The fourth-order valence-electron chi connectivity index (χ4n) is 2.39. The van der Waals surface area contributed by atoms with Crippen molar-refractivity contribution in [2.45, 2.75) is 51.3 Å². The van der Waals surface area contributed by atoms with Crippen molar-refractivity contribution in [3.63, 3.8) is 0 Å². The van der Waals surface area contributed by atoms with Crippen molar-refractivity contribution in [2.75, 3.05) is 14.2 Å². The van der Waals surface area contributed by atoms with Crippen LogP contribution >= 0.6 is 0 Å². The monoisotopic (exact) mass is 250 g/mol. The van der Waals surface area contributed by atoms with Crippen LogP contribution in [-0.4, -0.2) is 24.3 Å². The third-order valence-corrected chi connectivity index (χ3v) is 4.06. The second kappa shape index (κ2) is 5.45. The Bertz CT molecular complexity index is 380. The molecule has 1 heterocycles. The normalized spacial score (nSPS) is 18.0. The van der Waals surface area contributed by atoms with Gasteiger partial charge in [-0.25, -0.2) is 0 Å². The van der Waals surface area contributed by atoms with E-state index in [-0.39, 0.29) is 5.60 Å². The van der Waals surface area contributed by atoms with Crippen LogP contribution in [0, 0.1) is 5.92 Å². The third-order valence-electron chi connectivity index (χ3n) is 4.06. The van der Waals surface area contributed by atoms with Gasteiger partial charge in [0.2, 0.25) is 0 Å². The zero-order valence-electron chi connectivity index (χ0n) is 12.1. The van der Waals surface area contributed by atoms with Gasteiger partial charge < -0.3 is 14.6 Å². The minimum atomic E-state index is -0.0384. The molecule has 3 heteroatoms. The molecule has 102 valence electrons. The molecule has 1 fully saturated rings. The number of methoxy groups -OCH3 is 1. The van der Waals surface area contributed by atoms with Crippen LogP contribution in [-0.2, 0) is 11.3 Å². The van der Waals surface area contributed by atoms with E-state index in [9.17, 15) is 0 Å². The van der Waals surface area contributed by atoms with Gasteiger partial charge in [0.25, 0.3) is 0 Å². The van der Waals surface area contributed by atoms with Crippen LogP contribution in [0.2, 0.25) is 0 Å². The van der Waals surface area contributed by atoms with Crippen molar-refractivity contribution in [2.24, 2.45) is 5.92 Å². The Morgan fingerprint density at radius 3 is 2.78 bits per heavy atom. The number of rotatable bonds is 7. The Morgan fingerprint density at radius 1 is 1.50 bits per heavy atom. The van der Waals surface area contributed by atoms with Crippen molar-refractivity contribution in [3.8, 4) is 0 Å². The number of nitrogens with zero attached hydrogens (tertiary/aromatic N) is 1. The van der Waals surface area contributed by atoms with Crippen LogP contribution in [0.25, 0.3) is 0 Å². The molecule has 0 amide bonds. The molecule has 18 heavy (non-hydrogen) atoms. The minimum absolute atomic E-state index is 0.0384. The molecule has 1 saturated carbocycles. The van der Waals surface area contributed by atoms with Crippen LogP contribution in [0.4, 0.5) is 0 Å². The molecule has 0 spiro atoms. The van der Waals surface area contributed by atoms with Gasteiger partial charge in [-0.1, -0.05) is 0 Å². The second-order valence-electron chi connectivity index (χ2n) is 6.00. The van der Waals surface area contributed by atoms with Crippen molar-refractivity contribution in [1.29, 1.82) is 0 Å². The Hall–Kier alpha value is -0.800. The van der Waals surface area contributed by atoms with E-state index in [4.69, 9.17) is 4.74 Å². The summed E-state index contributed by atoms with van der Waals surface area (Å²) in [6, 6.07) is 2.79. The molecular weight excluding hydrogens is 224 g/mol. The molecule has 3 nitrogen and oxygen atoms in total. The molecule has 0 bridgehead atoms. The Labute approximate surface area is 111 Å². The quantitative estimate of drug-likeness (QED) is 0.805. The van der Waals surface area contributed by atoms with Gasteiger partial charge in [-0.05, 0) is 57.7 Å². The Balaban J connectivity index is 1.93. The predicted molar refractivity (Wildman–Crippen MR) is 74.7 cm³/mol. The van der Waals surface area contributed by atoms with Gasteiger partial charge in [0, 0.05) is 32.1 Å². The Morgan fingerprint density at radius 2 is 2.22 bits per heavy atom. The smallest absolute Gasteiger partial charge is 0.0639 e. The van der Waals surface area contributed by atoms with Gasteiger partial charge in [-0.15, -0.1) is 0 Å². The summed E-state index contributed by atoms with van der Waals surface area (Å²) in [6.07, 6.45) is 8.24. The summed E-state index contributed by atoms with van der Waals surface area (Å²) >= 11 is 0. The van der Waals surface area contributed by atoms with Gasteiger partial charge >= 0.3 is 0 Å². The molecule has 1 N–H and O–H groups in total. The van der Waals surface area contributed by atoms with E-state index in [0.717, 1.165) is 18.9 Å². The molecule has 1 unspecified atom stereocenters. The average Bonchev–Trinajstić information content (AvgIpc) is 3.07. The lowest BCUT2D eigenvalue weighted by atomic mass is 10.1. The second-order valence-corrected chi connectivity index (χ2v) is 6.00. The molecule has 1 aliphatic carbocycles. The third kappa shape index (κ3) is 3.36. The van der Waals surface area contributed by atoms with E-state index in [1.54, 1.807) is 7.11 Å². The van der Waals surface area contributed by atoms with Crippen LogP contribution in [0.1, 0.15) is 44.7 Å². The fourth-order valence-corrected chi connectivity index (χ4v) is 2.39. The van der Waals surface area contributed by atoms with E-state index in [1.165, 1.54) is 18.4 Å². The molecule has 1 atom stereocenters. The molecule has 1 aromatic rings. The zero-order chi connectivity index (χ0) is 13.2. The number of aryl methyl sites for hydroxylation is 1. The highest BCUT2D eigenvalue weighted by Crippen LogP contribution is 2.40. The van der Waals surface area contributed by atoms with E-state index in [1.807, 2.05) is 0 Å². The van der Waals surface area contributed by atoms with Gasteiger partial charge in [-0.2, -0.15) is 0 Å². The first kappa shape index (κ1) is 13.6. The molecule has 0 radical (unpaired) electrons. The lowest BCUT2D eigenvalue weighted by Crippen LogP contribution is -2.24. The maximum Gasteiger partial charge on any atom is 0.0639 e. The zero-order valence-corrected chi connectivity index (χ0v) is 12.1. The first-order valence-corrected chi connectivity index (χ1v) is 6.94. The summed E-state index contributed by atoms with van der Waals surface area (Å²) < 4.78 is 7.74. The number of hydrogen-bond acceptors (Lipinski definition) is 2. The largest absolute Gasteiger partial charge is 0.379 e. The van der Waals surface area contributed by atoms with Gasteiger partial charge in [0.1, 0.15) is 0 Å². The number of hydrogen-bond donors (Lipinski definition) is 1. The van der Waals surface area contributed by atoms with Crippen LogP contribution in [0.3, 0.4) is 0 Å². The lowest BCUT2D eigenvalue weighted by Gasteiger charge is -2.22. The minimum Gasteiger partial charge on any atom is -0.379 e. The number of ether oxygens (including phenoxy) is 1. The van der Waals surface area contributed by atoms with Gasteiger partial charge in [0.05, 0.1) is 5.60 Å². The summed E-state index contributed by atoms with van der Waals surface area (Å²) in [5, 5.41) is 3.44. The standard InChI is InChI=1S/C15H26N2O/c1-15(2,18-4)8-10-17-9-7-13(11-17)14(16-3)12-5-6-12/h7,9,11-12,14,16H,5-6,8,10H2,1-4H3. The number of aromatic nitrogens is 1. The van der Waals surface area contributed by atoms with Gasteiger partial charge in [-0.3, -0.25) is 0 Å². The average molecular weight is 250 g/mol. The first-order chi connectivity index (χ1) is 8.55. The molecule has 2 rings (SSSR count). The summed E-state index contributed by atoms with van der Waals surface area (Å²) in [6.45, 7) is 5.29. The highest BCUT2D eigenvalue weighted by Gasteiger charge is 2.31. The molecule has 0 aliphatic heterocycles. The summed E-state index contributed by atoms with van der Waals surface area (Å²) in [7, 11) is 3.85. The maximum atomic E-state index is 5.46. The van der Waals surface area contributed by atoms with Crippen molar-refractivity contribution in [1.82, 2.24) is 9.88 Å². The van der Waals surface area contributed by atoms with Crippen molar-refractivity contribution >= 4 is 0 Å². The predicted octanol–water partition coefficient (Wildman–Crippen LogP) is 2.97. The fraction of sp³-hybridized carbons (Fsp3) is 0.733. The summed E-state index contributed by atoms with van der Waals surface area (Å²) in [5.74, 6) is 0.848. The molecule has 1 aliphatic rings. The summed E-state index contributed by atoms with van der Waals surface area (Å²) in [4.78, 5) is 0. The van der Waals surface area contributed by atoms with Gasteiger partial charge in [0.15, 0.2) is 0 Å². The number of nitrogens with one attached hydrogen (secondary N) is 1. The molecule has 1 aromatic heterocycles. The van der Waals surface area contributed by atoms with Crippen LogP contribution in [0.15, 0.2) is 18.5 Å². The van der Waals surface area contributed by atoms with E-state index in [0.29, 0.717) is 6.04 Å². The maximum absolute atomic E-state index is 5.46. The highest BCUT2D eigenvalue weighted by molar-refractivity contribution is 5.18. The lowest BCUT2D eigenvalue weighted by molar-refractivity contribution is 0.0120. The van der Waals surface area contributed by atoms with Crippen molar-refractivity contribution < 1.29 is 4.74 Å². The topological polar surface area (TPSA) is 26.2 Å². The van der Waals surface area contributed by atoms with Crippen LogP contribution in [0.5, 0.6) is 0 Å². The van der Waals surface area contributed by atoms with E-state index < -0.39 is 0 Å². The van der Waals surface area contributed by atoms with Crippen LogP contribution < -0.4 is 5.32 Å². The van der Waals surface area contributed by atoms with E-state index >= 15 is 0 Å². The molecule has 0 aromatic carbocycles.